The van der Waals surface area contributed by atoms with Gasteiger partial charge in [-0.15, -0.1) is 0 Å². The van der Waals surface area contributed by atoms with Crippen LogP contribution >= 0.6 is 0 Å². The van der Waals surface area contributed by atoms with Gasteiger partial charge in [0.2, 0.25) is 11.8 Å². The number of esters is 1. The van der Waals surface area contributed by atoms with Crippen molar-refractivity contribution in [3.05, 3.63) is 94.0 Å². The second-order valence-electron chi connectivity index (χ2n) is 10.00. The molecule has 3 atom stereocenters. The van der Waals surface area contributed by atoms with Crippen LogP contribution in [0.4, 0.5) is 10.1 Å². The molecule has 13 heteroatoms. The molecule has 1 fully saturated rings. The number of rotatable bonds is 12. The van der Waals surface area contributed by atoms with E-state index in [1.165, 1.54) is 60.8 Å². The largest absolute Gasteiger partial charge is 0.463 e. The molecule has 1 aliphatic rings. The van der Waals surface area contributed by atoms with Crippen molar-refractivity contribution in [2.24, 2.45) is 5.92 Å². The number of halogens is 1. The van der Waals surface area contributed by atoms with Gasteiger partial charge in [0.25, 0.3) is 11.5 Å². The summed E-state index contributed by atoms with van der Waals surface area (Å²) in [6.45, 7) is 3.94. The Morgan fingerprint density at radius 3 is 2.65 bits per heavy atom. The molecule has 3 N–H and O–H groups in total. The monoisotopic (exact) mass is 593 g/mol. The number of benzene rings is 1. The van der Waals surface area contributed by atoms with Crippen LogP contribution in [0.25, 0.3) is 0 Å². The molecule has 0 radical (unpaired) electrons. The summed E-state index contributed by atoms with van der Waals surface area (Å²) in [7, 11) is 0. The summed E-state index contributed by atoms with van der Waals surface area (Å²) in [4.78, 5) is 64.4. The van der Waals surface area contributed by atoms with E-state index >= 15 is 0 Å². The summed E-state index contributed by atoms with van der Waals surface area (Å²) in [5, 5.41) is 11.8. The molecule has 4 rings (SSSR count). The molecule has 12 nitrogen and oxygen atoms in total. The van der Waals surface area contributed by atoms with Crippen molar-refractivity contribution in [2.75, 3.05) is 18.5 Å². The molecule has 3 aromatic rings. The Morgan fingerprint density at radius 2 is 2.00 bits per heavy atom. The van der Waals surface area contributed by atoms with Gasteiger partial charge in [-0.25, -0.2) is 9.18 Å². The summed E-state index contributed by atoms with van der Waals surface area (Å²) < 4.78 is 24.7. The number of ether oxygens (including phenoxy) is 1. The smallest absolute Gasteiger partial charge is 0.330 e. The van der Waals surface area contributed by atoms with Crippen molar-refractivity contribution in [1.82, 2.24) is 20.4 Å². The van der Waals surface area contributed by atoms with Gasteiger partial charge in [0, 0.05) is 43.3 Å². The highest BCUT2D eigenvalue weighted by molar-refractivity contribution is 6.02. The maximum atomic E-state index is 13.9. The van der Waals surface area contributed by atoms with E-state index in [1.807, 2.05) is 0 Å². The molecule has 3 heterocycles. The summed E-state index contributed by atoms with van der Waals surface area (Å²) in [6.07, 6.45) is 4.80. The van der Waals surface area contributed by atoms with Crippen LogP contribution in [0.1, 0.15) is 47.6 Å². The first-order chi connectivity index (χ1) is 20.6. The van der Waals surface area contributed by atoms with Gasteiger partial charge in [0.1, 0.15) is 23.3 Å². The first kappa shape index (κ1) is 30.9. The molecule has 0 aliphatic carbocycles. The Hall–Kier alpha value is -5.07. The topological polar surface area (TPSA) is 162 Å². The van der Waals surface area contributed by atoms with Gasteiger partial charge >= 0.3 is 5.97 Å². The average molecular weight is 594 g/mol. The second-order valence-corrected chi connectivity index (χ2v) is 10.00. The van der Waals surface area contributed by atoms with Gasteiger partial charge in [0.05, 0.1) is 6.61 Å². The highest BCUT2D eigenvalue weighted by Gasteiger charge is 2.30. The molecule has 2 aromatic heterocycles. The van der Waals surface area contributed by atoms with Crippen molar-refractivity contribution in [3.8, 4) is 0 Å². The minimum Gasteiger partial charge on any atom is -0.463 e. The van der Waals surface area contributed by atoms with Gasteiger partial charge in [-0.3, -0.25) is 19.2 Å². The number of nitrogens with one attached hydrogen (secondary N) is 3. The summed E-state index contributed by atoms with van der Waals surface area (Å²) >= 11 is 0. The Kier molecular flexibility index (Phi) is 10.2. The molecule has 43 heavy (non-hydrogen) atoms. The average Bonchev–Trinajstić information content (AvgIpc) is 3.60. The lowest BCUT2D eigenvalue weighted by Crippen LogP contribution is -2.43. The van der Waals surface area contributed by atoms with Crippen LogP contribution in [0, 0.1) is 18.7 Å². The molecular formula is C30H32FN5O7. The van der Waals surface area contributed by atoms with Crippen molar-refractivity contribution < 1.29 is 32.8 Å². The van der Waals surface area contributed by atoms with E-state index in [-0.39, 0.29) is 36.7 Å². The van der Waals surface area contributed by atoms with E-state index in [1.54, 1.807) is 13.8 Å². The van der Waals surface area contributed by atoms with Crippen LogP contribution in [-0.4, -0.2) is 52.6 Å². The first-order valence-electron chi connectivity index (χ1n) is 13.8. The van der Waals surface area contributed by atoms with Crippen LogP contribution < -0.4 is 21.5 Å². The SMILES string of the molecule is CCOC(=O)/C=C/[C@H](C[C@@H]1CCNC1=O)NC(=O)[C@H](Cc1ccc(F)cc1)n1cccc(NC(=O)c2cc(C)on2)c1=O. The minimum atomic E-state index is -1.15. The predicted molar refractivity (Wildman–Crippen MR) is 152 cm³/mol. The molecule has 226 valence electrons. The lowest BCUT2D eigenvalue weighted by atomic mass is 9.97. The number of anilines is 1. The quantitative estimate of drug-likeness (QED) is 0.213. The molecule has 1 saturated heterocycles. The van der Waals surface area contributed by atoms with Crippen molar-refractivity contribution in [3.63, 3.8) is 0 Å². The zero-order chi connectivity index (χ0) is 30.9. The number of hydrogen-bond donors (Lipinski definition) is 3. The lowest BCUT2D eigenvalue weighted by Gasteiger charge is -2.24. The third-order valence-electron chi connectivity index (χ3n) is 6.84. The fourth-order valence-corrected chi connectivity index (χ4v) is 4.70. The van der Waals surface area contributed by atoms with E-state index in [4.69, 9.17) is 9.26 Å². The Balaban J connectivity index is 1.64. The van der Waals surface area contributed by atoms with Crippen LogP contribution in [-0.2, 0) is 25.5 Å². The zero-order valence-electron chi connectivity index (χ0n) is 23.7. The van der Waals surface area contributed by atoms with Gasteiger partial charge in [-0.2, -0.15) is 0 Å². The van der Waals surface area contributed by atoms with E-state index in [2.05, 4.69) is 21.1 Å². The molecule has 0 spiro atoms. The Morgan fingerprint density at radius 1 is 1.23 bits per heavy atom. The number of nitrogens with zero attached hydrogens (tertiary/aromatic N) is 2. The van der Waals surface area contributed by atoms with Crippen LogP contribution in [0.3, 0.4) is 0 Å². The van der Waals surface area contributed by atoms with Gasteiger partial charge in [-0.05, 0) is 56.5 Å². The van der Waals surface area contributed by atoms with Crippen LogP contribution in [0.2, 0.25) is 0 Å². The molecular weight excluding hydrogens is 561 g/mol. The number of hydrogen-bond acceptors (Lipinski definition) is 8. The number of carbonyl (C=O) groups excluding carboxylic acids is 4. The summed E-state index contributed by atoms with van der Waals surface area (Å²) in [6, 6.07) is 7.88. The third kappa shape index (κ3) is 8.24. The van der Waals surface area contributed by atoms with Crippen molar-refractivity contribution in [2.45, 2.75) is 45.2 Å². The number of pyridine rings is 1. The maximum absolute atomic E-state index is 13.9. The van der Waals surface area contributed by atoms with Crippen molar-refractivity contribution >= 4 is 29.4 Å². The van der Waals surface area contributed by atoms with E-state index in [0.717, 1.165) is 4.57 Å². The third-order valence-corrected chi connectivity index (χ3v) is 6.84. The van der Waals surface area contributed by atoms with Crippen LogP contribution in [0.5, 0.6) is 0 Å². The lowest BCUT2D eigenvalue weighted by molar-refractivity contribution is -0.137. The Labute approximate surface area is 246 Å². The standard InChI is InChI=1S/C30H32FN5O7/c1-3-42-26(37)11-10-22(17-20-12-13-32-27(20)38)33-29(40)25(16-19-6-8-21(31)9-7-19)36-14-4-5-23(30(36)41)34-28(39)24-15-18(2)43-35-24/h4-11,14-15,20,22,25H,3,12-13,16-17H2,1-2H3,(H,32,38)(H,33,40)(H,34,39)/b11-10+/t20-,22+,25-/m0/s1. The van der Waals surface area contributed by atoms with Gasteiger partial charge in [0.15, 0.2) is 5.69 Å². The normalized spacial score (nSPS) is 16.0. The predicted octanol–water partition coefficient (Wildman–Crippen LogP) is 2.45. The summed E-state index contributed by atoms with van der Waals surface area (Å²) in [5.74, 6) is -2.49. The van der Waals surface area contributed by atoms with Gasteiger partial charge in [-0.1, -0.05) is 23.4 Å². The molecule has 3 amide bonds. The second kappa shape index (κ2) is 14.2. The fourth-order valence-electron chi connectivity index (χ4n) is 4.70. The van der Waals surface area contributed by atoms with Gasteiger partial charge < -0.3 is 29.8 Å². The molecule has 0 saturated carbocycles. The highest BCUT2D eigenvalue weighted by atomic mass is 19.1. The molecule has 1 aromatic carbocycles. The minimum absolute atomic E-state index is 0.00980. The number of aromatic nitrogens is 2. The molecule has 0 bridgehead atoms. The Bertz CT molecular complexity index is 1560. The number of aryl methyl sites for hydroxylation is 1. The zero-order valence-corrected chi connectivity index (χ0v) is 23.7. The maximum Gasteiger partial charge on any atom is 0.330 e. The van der Waals surface area contributed by atoms with Crippen LogP contribution in [0.15, 0.2) is 70.1 Å². The number of amides is 3. The van der Waals surface area contributed by atoms with E-state index in [0.29, 0.717) is 24.3 Å². The van der Waals surface area contributed by atoms with E-state index in [9.17, 15) is 28.4 Å². The van der Waals surface area contributed by atoms with Crippen molar-refractivity contribution in [1.29, 1.82) is 0 Å². The van der Waals surface area contributed by atoms with E-state index < -0.39 is 47.2 Å². The molecule has 1 aliphatic heterocycles. The fraction of sp³-hybridized carbons (Fsp3) is 0.333. The molecule has 0 unspecified atom stereocenters. The summed E-state index contributed by atoms with van der Waals surface area (Å²) in [5.41, 5.74) is -0.242. The number of carbonyl (C=O) groups is 4. The highest BCUT2D eigenvalue weighted by Crippen LogP contribution is 2.20. The first-order valence-corrected chi connectivity index (χ1v) is 13.8.